The van der Waals surface area contributed by atoms with Crippen molar-refractivity contribution in [1.29, 1.82) is 0 Å². The minimum absolute atomic E-state index is 0.0750. The van der Waals surface area contributed by atoms with Gasteiger partial charge < -0.3 is 14.9 Å². The maximum absolute atomic E-state index is 12.2. The number of aliphatic hydroxyl groups is 1. The lowest BCUT2D eigenvalue weighted by Crippen LogP contribution is -2.52. The largest absolute Gasteiger partial charge is 0.497 e. The lowest BCUT2D eigenvalue weighted by molar-refractivity contribution is -0.147. The number of ether oxygens (including phenoxy) is 1. The summed E-state index contributed by atoms with van der Waals surface area (Å²) in [7, 11) is 1.62. The molecule has 3 atom stereocenters. The molecule has 3 aromatic rings. The number of fused-ring (bicyclic) bond motifs is 1. The molecule has 1 aliphatic heterocycles. The summed E-state index contributed by atoms with van der Waals surface area (Å²) in [4.78, 5) is 19.0. The smallest absolute Gasteiger partial charge is 0.308 e. The molecule has 1 aliphatic carbocycles. The Morgan fingerprint density at radius 1 is 1.17 bits per heavy atom. The van der Waals surface area contributed by atoms with Crippen LogP contribution in [0.15, 0.2) is 60.8 Å². The van der Waals surface area contributed by atoms with Gasteiger partial charge in [-0.2, -0.15) is 0 Å². The standard InChI is InChI=1S/C29H34N2O4/c1-35-23-8-9-27-25(17-23)24(11-13-30-27)28(32)10-7-20-12-14-31(18-26(20)29(33)34)22-15-21(16-22)19-5-3-2-4-6-19/h2-6,8-9,11,13,17,20-22,26,28,32H,7,10,12,14-16,18H2,1H3,(H,33,34)/t20-,21?,22?,26+,28+/m1/s1. The molecule has 0 spiro atoms. The average molecular weight is 475 g/mol. The van der Waals surface area contributed by atoms with E-state index >= 15 is 0 Å². The van der Waals surface area contributed by atoms with Crippen LogP contribution in [-0.2, 0) is 4.79 Å². The number of aliphatic hydroxyl groups excluding tert-OH is 1. The van der Waals surface area contributed by atoms with Gasteiger partial charge in [0, 0.05) is 24.2 Å². The Morgan fingerprint density at radius 2 is 1.97 bits per heavy atom. The number of piperidine rings is 1. The molecule has 1 aromatic heterocycles. The minimum atomic E-state index is -0.716. The first-order valence-corrected chi connectivity index (χ1v) is 12.7. The van der Waals surface area contributed by atoms with E-state index in [1.165, 1.54) is 5.56 Å². The van der Waals surface area contributed by atoms with Gasteiger partial charge in [-0.3, -0.25) is 14.7 Å². The second-order valence-corrected chi connectivity index (χ2v) is 10.1. The molecule has 2 N–H and O–H groups in total. The summed E-state index contributed by atoms with van der Waals surface area (Å²) in [6.07, 6.45) is 5.35. The molecule has 184 valence electrons. The summed E-state index contributed by atoms with van der Waals surface area (Å²) in [5.74, 6) is 0.285. The lowest BCUT2D eigenvalue weighted by Gasteiger charge is -2.47. The molecule has 1 saturated carbocycles. The number of nitrogens with zero attached hydrogens (tertiary/aromatic N) is 2. The van der Waals surface area contributed by atoms with E-state index in [1.54, 1.807) is 13.3 Å². The molecule has 6 heteroatoms. The number of pyridine rings is 1. The van der Waals surface area contributed by atoms with Crippen LogP contribution in [0.5, 0.6) is 5.75 Å². The number of carbonyl (C=O) groups is 1. The van der Waals surface area contributed by atoms with Crippen molar-refractivity contribution in [2.75, 3.05) is 20.2 Å². The van der Waals surface area contributed by atoms with Gasteiger partial charge in [-0.15, -0.1) is 0 Å². The Hall–Kier alpha value is -2.96. The van der Waals surface area contributed by atoms with Crippen LogP contribution in [0, 0.1) is 11.8 Å². The maximum atomic E-state index is 12.2. The molecule has 0 radical (unpaired) electrons. The molecule has 2 aliphatic rings. The highest BCUT2D eigenvalue weighted by Crippen LogP contribution is 2.42. The highest BCUT2D eigenvalue weighted by molar-refractivity contribution is 5.83. The third kappa shape index (κ3) is 5.04. The second kappa shape index (κ2) is 10.3. The van der Waals surface area contributed by atoms with Gasteiger partial charge in [0.1, 0.15) is 5.75 Å². The summed E-state index contributed by atoms with van der Waals surface area (Å²) >= 11 is 0. The van der Waals surface area contributed by atoms with Gasteiger partial charge in [0.2, 0.25) is 0 Å². The SMILES string of the molecule is COc1ccc2nccc([C@@H](O)CC[C@@H]3CCN(C4CC(c5ccccc5)C4)C[C@@H]3C(=O)O)c2c1. The predicted molar refractivity (Wildman–Crippen MR) is 135 cm³/mol. The third-order valence-corrected chi connectivity index (χ3v) is 8.16. The molecule has 0 unspecified atom stereocenters. The number of carboxylic acids is 1. The Balaban J connectivity index is 1.20. The van der Waals surface area contributed by atoms with E-state index < -0.39 is 12.1 Å². The van der Waals surface area contributed by atoms with Gasteiger partial charge in [-0.25, -0.2) is 0 Å². The molecule has 0 bridgehead atoms. The number of aromatic nitrogens is 1. The molecule has 0 amide bonds. The fourth-order valence-corrected chi connectivity index (χ4v) is 5.96. The zero-order valence-electron chi connectivity index (χ0n) is 20.2. The van der Waals surface area contributed by atoms with Gasteiger partial charge >= 0.3 is 5.97 Å². The fourth-order valence-electron chi connectivity index (χ4n) is 5.96. The highest BCUT2D eigenvalue weighted by atomic mass is 16.5. The van der Waals surface area contributed by atoms with Gasteiger partial charge in [0.05, 0.1) is 24.6 Å². The van der Waals surface area contributed by atoms with Crippen LogP contribution in [0.4, 0.5) is 0 Å². The van der Waals surface area contributed by atoms with Crippen molar-refractivity contribution in [1.82, 2.24) is 9.88 Å². The highest BCUT2D eigenvalue weighted by Gasteiger charge is 2.41. The summed E-state index contributed by atoms with van der Waals surface area (Å²) in [5, 5.41) is 21.9. The average Bonchev–Trinajstić information content (AvgIpc) is 2.86. The molecular formula is C29H34N2O4. The van der Waals surface area contributed by atoms with Crippen LogP contribution >= 0.6 is 0 Å². The van der Waals surface area contributed by atoms with Crippen molar-refractivity contribution in [2.24, 2.45) is 11.8 Å². The molecule has 1 saturated heterocycles. The van der Waals surface area contributed by atoms with Crippen LogP contribution in [0.1, 0.15) is 55.3 Å². The monoisotopic (exact) mass is 474 g/mol. The normalized spacial score (nSPS) is 25.7. The van der Waals surface area contributed by atoms with Crippen LogP contribution in [0.2, 0.25) is 0 Å². The quantitative estimate of drug-likeness (QED) is 0.477. The zero-order chi connectivity index (χ0) is 24.4. The van der Waals surface area contributed by atoms with Crippen molar-refractivity contribution in [3.63, 3.8) is 0 Å². The number of rotatable bonds is 8. The van der Waals surface area contributed by atoms with E-state index in [2.05, 4.69) is 34.1 Å². The first-order valence-electron chi connectivity index (χ1n) is 12.7. The number of methoxy groups -OCH3 is 1. The number of carboxylic acid groups (broad SMARTS) is 1. The Morgan fingerprint density at radius 3 is 2.71 bits per heavy atom. The minimum Gasteiger partial charge on any atom is -0.497 e. The van der Waals surface area contributed by atoms with Crippen LogP contribution in [0.25, 0.3) is 10.9 Å². The molecule has 2 heterocycles. The van der Waals surface area contributed by atoms with Crippen molar-refractivity contribution >= 4 is 16.9 Å². The van der Waals surface area contributed by atoms with E-state index in [0.717, 1.165) is 48.0 Å². The van der Waals surface area contributed by atoms with E-state index in [-0.39, 0.29) is 11.8 Å². The van der Waals surface area contributed by atoms with E-state index in [9.17, 15) is 15.0 Å². The lowest BCUT2D eigenvalue weighted by atomic mass is 9.73. The van der Waals surface area contributed by atoms with Gasteiger partial charge in [0.15, 0.2) is 0 Å². The Bertz CT molecular complexity index is 1160. The summed E-state index contributed by atoms with van der Waals surface area (Å²) in [6, 6.07) is 18.6. The number of benzene rings is 2. The van der Waals surface area contributed by atoms with Crippen LogP contribution in [-0.4, -0.2) is 52.3 Å². The fraction of sp³-hybridized carbons (Fsp3) is 0.448. The van der Waals surface area contributed by atoms with Gasteiger partial charge in [-0.05, 0) is 85.9 Å². The Kier molecular flexibility index (Phi) is 7.02. The Labute approximate surface area is 206 Å². The molecule has 2 aromatic carbocycles. The first-order chi connectivity index (χ1) is 17.0. The van der Waals surface area contributed by atoms with E-state index in [1.807, 2.05) is 30.3 Å². The van der Waals surface area contributed by atoms with Gasteiger partial charge in [-0.1, -0.05) is 30.3 Å². The predicted octanol–water partition coefficient (Wildman–Crippen LogP) is 5.03. The number of hydrogen-bond acceptors (Lipinski definition) is 5. The van der Waals surface area contributed by atoms with Crippen molar-refractivity contribution in [3.8, 4) is 5.75 Å². The van der Waals surface area contributed by atoms with Gasteiger partial charge in [0.25, 0.3) is 0 Å². The molecular weight excluding hydrogens is 440 g/mol. The number of likely N-dealkylation sites (tertiary alicyclic amines) is 1. The summed E-state index contributed by atoms with van der Waals surface area (Å²) in [5.41, 5.74) is 3.02. The molecule has 6 nitrogen and oxygen atoms in total. The number of aliphatic carboxylic acids is 1. The second-order valence-electron chi connectivity index (χ2n) is 10.1. The van der Waals surface area contributed by atoms with Crippen LogP contribution in [0.3, 0.4) is 0 Å². The van der Waals surface area contributed by atoms with Crippen molar-refractivity contribution < 1.29 is 19.7 Å². The van der Waals surface area contributed by atoms with Crippen LogP contribution < -0.4 is 4.74 Å². The summed E-state index contributed by atoms with van der Waals surface area (Å²) in [6.45, 7) is 1.55. The number of hydrogen-bond donors (Lipinski definition) is 2. The van der Waals surface area contributed by atoms with E-state index in [0.29, 0.717) is 31.3 Å². The molecule has 2 fully saturated rings. The third-order valence-electron chi connectivity index (χ3n) is 8.16. The topological polar surface area (TPSA) is 82.9 Å². The van der Waals surface area contributed by atoms with Crippen molar-refractivity contribution in [2.45, 2.75) is 50.2 Å². The first kappa shape index (κ1) is 23.8. The zero-order valence-corrected chi connectivity index (χ0v) is 20.2. The molecule has 5 rings (SSSR count). The van der Waals surface area contributed by atoms with Crippen molar-refractivity contribution in [3.05, 3.63) is 71.9 Å². The van der Waals surface area contributed by atoms with E-state index in [4.69, 9.17) is 4.74 Å². The summed E-state index contributed by atoms with van der Waals surface area (Å²) < 4.78 is 5.35. The molecule has 35 heavy (non-hydrogen) atoms. The maximum Gasteiger partial charge on any atom is 0.308 e.